The van der Waals surface area contributed by atoms with Crippen LogP contribution in [0.15, 0.2) is 61.5 Å². The highest BCUT2D eigenvalue weighted by molar-refractivity contribution is 5.90. The molecule has 132 valence electrons. The Morgan fingerprint density at radius 1 is 1.28 bits per heavy atom. The number of aromatic carboxylic acids is 1. The second kappa shape index (κ2) is 9.27. The highest BCUT2D eigenvalue weighted by Gasteiger charge is 2.12. The van der Waals surface area contributed by atoms with Gasteiger partial charge in [0.2, 0.25) is 0 Å². The van der Waals surface area contributed by atoms with Gasteiger partial charge in [-0.15, -0.1) is 13.2 Å². The number of rotatable bonds is 5. The average Bonchev–Trinajstić information content (AvgIpc) is 2.58. The van der Waals surface area contributed by atoms with Crippen LogP contribution in [0.1, 0.15) is 29.8 Å². The van der Waals surface area contributed by atoms with Crippen molar-refractivity contribution < 1.29 is 14.6 Å². The number of carboxylic acids is 1. The van der Waals surface area contributed by atoms with E-state index in [9.17, 15) is 9.90 Å². The van der Waals surface area contributed by atoms with Crippen LogP contribution in [0, 0.1) is 6.92 Å². The number of ether oxygens (including phenoxy) is 1. The maximum absolute atomic E-state index is 11.2. The molecule has 0 amide bonds. The van der Waals surface area contributed by atoms with Gasteiger partial charge in [0.15, 0.2) is 0 Å². The van der Waals surface area contributed by atoms with Crippen LogP contribution in [0.2, 0.25) is 0 Å². The zero-order chi connectivity index (χ0) is 19.0. The molecule has 2 aromatic rings. The second-order valence-electron chi connectivity index (χ2n) is 5.50. The van der Waals surface area contributed by atoms with E-state index in [4.69, 9.17) is 4.74 Å². The number of nitrogens with zero attached hydrogens (tertiary/aromatic N) is 2. The SMILES string of the molecule is C=C.CC(C)=CN(C)c1cc(Oc2cccc(C(=O)O)c2C)ccn1. The topological polar surface area (TPSA) is 62.7 Å². The number of allylic oxidation sites excluding steroid dienone is 1. The zero-order valence-corrected chi connectivity index (χ0v) is 15.1. The van der Waals surface area contributed by atoms with E-state index in [1.54, 1.807) is 37.4 Å². The third kappa shape index (κ3) is 5.49. The number of carbonyl (C=O) groups is 1. The summed E-state index contributed by atoms with van der Waals surface area (Å²) in [5.74, 6) is 0.906. The van der Waals surface area contributed by atoms with Crippen molar-refractivity contribution in [3.05, 3.63) is 72.6 Å². The third-order valence-electron chi connectivity index (χ3n) is 3.27. The van der Waals surface area contributed by atoms with E-state index in [2.05, 4.69) is 18.1 Å². The second-order valence-corrected chi connectivity index (χ2v) is 5.50. The summed E-state index contributed by atoms with van der Waals surface area (Å²) < 4.78 is 5.85. The van der Waals surface area contributed by atoms with Gasteiger partial charge in [-0.1, -0.05) is 11.6 Å². The summed E-state index contributed by atoms with van der Waals surface area (Å²) in [6, 6.07) is 8.54. The van der Waals surface area contributed by atoms with Crippen LogP contribution in [-0.2, 0) is 0 Å². The molecule has 0 spiro atoms. The Kier molecular flexibility index (Phi) is 7.41. The molecule has 5 heteroatoms. The summed E-state index contributed by atoms with van der Waals surface area (Å²) >= 11 is 0. The zero-order valence-electron chi connectivity index (χ0n) is 15.1. The molecule has 0 atom stereocenters. The Labute approximate surface area is 148 Å². The Balaban J connectivity index is 0.00000151. The van der Waals surface area contributed by atoms with E-state index >= 15 is 0 Å². The highest BCUT2D eigenvalue weighted by atomic mass is 16.5. The van der Waals surface area contributed by atoms with Gasteiger partial charge in [-0.25, -0.2) is 9.78 Å². The maximum Gasteiger partial charge on any atom is 0.336 e. The minimum Gasteiger partial charge on any atom is -0.478 e. The van der Waals surface area contributed by atoms with Gasteiger partial charge in [0, 0.05) is 31.1 Å². The van der Waals surface area contributed by atoms with Crippen molar-refractivity contribution in [1.29, 1.82) is 0 Å². The van der Waals surface area contributed by atoms with Gasteiger partial charge in [0.25, 0.3) is 0 Å². The predicted molar refractivity (Wildman–Crippen MR) is 102 cm³/mol. The molecular weight excluding hydrogens is 316 g/mol. The molecule has 5 nitrogen and oxygen atoms in total. The Hall–Kier alpha value is -3.08. The van der Waals surface area contributed by atoms with E-state index in [0.717, 1.165) is 11.4 Å². The van der Waals surface area contributed by atoms with E-state index in [1.807, 2.05) is 38.1 Å². The molecule has 1 N–H and O–H groups in total. The van der Waals surface area contributed by atoms with Crippen LogP contribution < -0.4 is 9.64 Å². The van der Waals surface area contributed by atoms with Gasteiger partial charge in [-0.3, -0.25) is 0 Å². The van der Waals surface area contributed by atoms with Crippen LogP contribution in [0.25, 0.3) is 0 Å². The molecular formula is C20H24N2O3. The van der Waals surface area contributed by atoms with Gasteiger partial charge in [-0.2, -0.15) is 0 Å². The fraction of sp³-hybridized carbons (Fsp3) is 0.200. The van der Waals surface area contributed by atoms with Gasteiger partial charge < -0.3 is 14.7 Å². The maximum atomic E-state index is 11.2. The molecule has 0 aliphatic carbocycles. The van der Waals surface area contributed by atoms with Gasteiger partial charge in [-0.05, 0) is 39.0 Å². The monoisotopic (exact) mass is 340 g/mol. The smallest absolute Gasteiger partial charge is 0.336 e. The molecule has 0 aliphatic heterocycles. The lowest BCUT2D eigenvalue weighted by atomic mass is 10.1. The van der Waals surface area contributed by atoms with E-state index in [0.29, 0.717) is 17.1 Å². The molecule has 1 aromatic heterocycles. The lowest BCUT2D eigenvalue weighted by Gasteiger charge is -2.16. The van der Waals surface area contributed by atoms with Crippen molar-refractivity contribution in [1.82, 2.24) is 4.98 Å². The van der Waals surface area contributed by atoms with Gasteiger partial charge in [0.05, 0.1) is 5.56 Å². The summed E-state index contributed by atoms with van der Waals surface area (Å²) in [4.78, 5) is 17.4. The third-order valence-corrected chi connectivity index (χ3v) is 3.27. The first kappa shape index (κ1) is 20.0. The number of anilines is 1. The molecule has 25 heavy (non-hydrogen) atoms. The van der Waals surface area contributed by atoms with Crippen molar-refractivity contribution in [2.75, 3.05) is 11.9 Å². The summed E-state index contributed by atoms with van der Waals surface area (Å²) in [5, 5.41) is 9.18. The normalized spacial score (nSPS) is 9.44. The number of hydrogen-bond donors (Lipinski definition) is 1. The predicted octanol–water partition coefficient (Wildman–Crippen LogP) is 5.04. The number of pyridine rings is 1. The van der Waals surface area contributed by atoms with Gasteiger partial charge >= 0.3 is 5.97 Å². The molecule has 0 unspecified atom stereocenters. The largest absolute Gasteiger partial charge is 0.478 e. The molecule has 2 rings (SSSR count). The molecule has 0 bridgehead atoms. The van der Waals surface area contributed by atoms with Crippen molar-refractivity contribution in [3.63, 3.8) is 0 Å². The van der Waals surface area contributed by atoms with E-state index in [-0.39, 0.29) is 5.56 Å². The number of carboxylic acid groups (broad SMARTS) is 1. The Bertz CT molecular complexity index is 765. The lowest BCUT2D eigenvalue weighted by molar-refractivity contribution is 0.0695. The molecule has 0 aliphatic rings. The summed E-state index contributed by atoms with van der Waals surface area (Å²) in [6.07, 6.45) is 3.64. The molecule has 0 saturated carbocycles. The number of benzene rings is 1. The molecule has 0 fully saturated rings. The van der Waals surface area contributed by atoms with E-state index in [1.165, 1.54) is 0 Å². The first-order valence-electron chi connectivity index (χ1n) is 7.73. The van der Waals surface area contributed by atoms with Crippen LogP contribution in [0.4, 0.5) is 5.82 Å². The molecule has 0 saturated heterocycles. The number of hydrogen-bond acceptors (Lipinski definition) is 4. The first-order chi connectivity index (χ1) is 11.9. The van der Waals surface area contributed by atoms with Crippen molar-refractivity contribution in [2.24, 2.45) is 0 Å². The highest BCUT2D eigenvalue weighted by Crippen LogP contribution is 2.28. The Morgan fingerprint density at radius 3 is 2.56 bits per heavy atom. The molecule has 1 heterocycles. The summed E-state index contributed by atoms with van der Waals surface area (Å²) in [6.45, 7) is 11.8. The van der Waals surface area contributed by atoms with Crippen molar-refractivity contribution in [2.45, 2.75) is 20.8 Å². The minimum atomic E-state index is -0.966. The summed E-state index contributed by atoms with van der Waals surface area (Å²) in [5.41, 5.74) is 1.99. The first-order valence-corrected chi connectivity index (χ1v) is 7.73. The van der Waals surface area contributed by atoms with Crippen LogP contribution in [0.3, 0.4) is 0 Å². The number of aromatic nitrogens is 1. The Morgan fingerprint density at radius 2 is 1.96 bits per heavy atom. The lowest BCUT2D eigenvalue weighted by Crippen LogP contribution is -2.10. The van der Waals surface area contributed by atoms with Gasteiger partial charge in [0.1, 0.15) is 17.3 Å². The standard InChI is InChI=1S/C18H20N2O3.C2H4/c1-12(2)11-20(4)17-10-14(8-9-19-17)23-16-7-5-6-15(13(16)3)18(21)22;1-2/h5-11H,1-4H3,(H,21,22);1-2H2. The average molecular weight is 340 g/mol. The van der Waals surface area contributed by atoms with Crippen molar-refractivity contribution >= 4 is 11.8 Å². The van der Waals surface area contributed by atoms with Crippen LogP contribution in [-0.4, -0.2) is 23.1 Å². The fourth-order valence-corrected chi connectivity index (χ4v) is 2.19. The van der Waals surface area contributed by atoms with Crippen molar-refractivity contribution in [3.8, 4) is 11.5 Å². The minimum absolute atomic E-state index is 0.235. The van der Waals surface area contributed by atoms with Crippen LogP contribution >= 0.6 is 0 Å². The quantitative estimate of drug-likeness (QED) is 0.772. The molecule has 1 aromatic carbocycles. The van der Waals surface area contributed by atoms with Crippen LogP contribution in [0.5, 0.6) is 11.5 Å². The van der Waals surface area contributed by atoms with E-state index < -0.39 is 5.97 Å². The fourth-order valence-electron chi connectivity index (χ4n) is 2.19. The molecule has 0 radical (unpaired) electrons. The summed E-state index contributed by atoms with van der Waals surface area (Å²) in [7, 11) is 1.91.